The minimum atomic E-state index is -0.0800. The number of halogens is 2. The number of nitrogens with one attached hydrogen (secondary N) is 4. The lowest BCUT2D eigenvalue weighted by atomic mass is 10.3. The Balaban J connectivity index is 0.00000364. The highest BCUT2D eigenvalue weighted by Gasteiger charge is 2.28. The van der Waals surface area contributed by atoms with E-state index >= 15 is 0 Å². The van der Waals surface area contributed by atoms with Crippen LogP contribution >= 0.6 is 39.9 Å². The Morgan fingerprint density at radius 3 is 2.41 bits per heavy atom. The summed E-state index contributed by atoms with van der Waals surface area (Å²) in [4.78, 5) is 27.9. The molecular weight excluding hydrogens is 525 g/mol. The molecule has 2 rings (SSSR count). The number of carbonyl (C=O) groups excluding carboxylic acids is 2. The fourth-order valence-corrected chi connectivity index (χ4v) is 2.49. The highest BCUT2D eigenvalue weighted by atomic mass is 127. The normalized spacial score (nSPS) is 13.3. The number of benzene rings is 1. The molecule has 0 unspecified atom stereocenters. The van der Waals surface area contributed by atoms with E-state index in [0.29, 0.717) is 32.0 Å². The molecule has 1 saturated carbocycles. The predicted octanol–water partition coefficient (Wildman–Crippen LogP) is 2.48. The van der Waals surface area contributed by atoms with Crippen molar-refractivity contribution in [2.45, 2.75) is 26.2 Å². The van der Waals surface area contributed by atoms with E-state index in [9.17, 15) is 9.59 Å². The molecule has 0 bridgehead atoms. The molecule has 0 heterocycles. The van der Waals surface area contributed by atoms with Crippen LogP contribution in [0.15, 0.2) is 33.7 Å². The Bertz CT molecular complexity index is 635. The first-order chi connectivity index (χ1) is 12.6. The smallest absolute Gasteiger partial charge is 0.226 e. The second-order valence-electron chi connectivity index (χ2n) is 6.06. The van der Waals surface area contributed by atoms with E-state index in [0.717, 1.165) is 29.5 Å². The Morgan fingerprint density at radius 2 is 1.78 bits per heavy atom. The van der Waals surface area contributed by atoms with Crippen molar-refractivity contribution >= 4 is 63.4 Å². The SMILES string of the molecule is CCNC(=NCCC(=O)Nc1ccc(Br)cc1)NCCNC(=O)C1CC1.I. The number of guanidine groups is 1. The summed E-state index contributed by atoms with van der Waals surface area (Å²) in [6.45, 7) is 4.24. The van der Waals surface area contributed by atoms with Crippen LogP contribution in [0.4, 0.5) is 5.69 Å². The lowest BCUT2D eigenvalue weighted by molar-refractivity contribution is -0.122. The van der Waals surface area contributed by atoms with Crippen LogP contribution in [0.1, 0.15) is 26.2 Å². The van der Waals surface area contributed by atoms with Crippen LogP contribution in [0.3, 0.4) is 0 Å². The first-order valence-corrected chi connectivity index (χ1v) is 9.73. The van der Waals surface area contributed by atoms with Crippen molar-refractivity contribution in [3.05, 3.63) is 28.7 Å². The second-order valence-corrected chi connectivity index (χ2v) is 6.97. The molecule has 4 N–H and O–H groups in total. The number of hydrogen-bond acceptors (Lipinski definition) is 3. The van der Waals surface area contributed by atoms with Crippen LogP contribution in [-0.4, -0.2) is 44.0 Å². The summed E-state index contributed by atoms with van der Waals surface area (Å²) < 4.78 is 0.967. The minimum Gasteiger partial charge on any atom is -0.357 e. The topological polar surface area (TPSA) is 94.6 Å². The molecule has 1 fully saturated rings. The van der Waals surface area contributed by atoms with Crippen molar-refractivity contribution in [3.63, 3.8) is 0 Å². The minimum absolute atomic E-state index is 0. The third kappa shape index (κ3) is 9.94. The van der Waals surface area contributed by atoms with Gasteiger partial charge < -0.3 is 21.3 Å². The molecule has 27 heavy (non-hydrogen) atoms. The first-order valence-electron chi connectivity index (χ1n) is 8.93. The van der Waals surface area contributed by atoms with Crippen molar-refractivity contribution in [1.82, 2.24) is 16.0 Å². The van der Waals surface area contributed by atoms with Gasteiger partial charge in [-0.3, -0.25) is 14.6 Å². The molecule has 0 aromatic heterocycles. The summed E-state index contributed by atoms with van der Waals surface area (Å²) >= 11 is 3.36. The highest BCUT2D eigenvalue weighted by Crippen LogP contribution is 2.28. The number of nitrogens with zero attached hydrogens (tertiary/aromatic N) is 1. The largest absolute Gasteiger partial charge is 0.357 e. The first kappa shape index (κ1) is 23.7. The Morgan fingerprint density at radius 1 is 1.11 bits per heavy atom. The fraction of sp³-hybridized carbons (Fsp3) is 0.500. The molecule has 0 aliphatic heterocycles. The van der Waals surface area contributed by atoms with Gasteiger partial charge in [0.05, 0.1) is 6.54 Å². The van der Waals surface area contributed by atoms with Gasteiger partial charge in [-0.1, -0.05) is 15.9 Å². The molecule has 0 spiro atoms. The van der Waals surface area contributed by atoms with E-state index in [1.165, 1.54) is 0 Å². The molecule has 9 heteroatoms. The standard InChI is InChI=1S/C18H26BrN5O2.HI/c1-2-20-18(23-12-11-21-17(26)13-3-4-13)22-10-9-16(25)24-15-7-5-14(19)6-8-15;/h5-8,13H,2-4,9-12H2,1H3,(H,21,26)(H,24,25)(H2,20,22,23);1H. The van der Waals surface area contributed by atoms with Gasteiger partial charge in [0.2, 0.25) is 11.8 Å². The monoisotopic (exact) mass is 551 g/mol. The summed E-state index contributed by atoms with van der Waals surface area (Å²) in [5.41, 5.74) is 0.763. The van der Waals surface area contributed by atoms with Crippen LogP contribution in [0.25, 0.3) is 0 Å². The molecule has 150 valence electrons. The maximum absolute atomic E-state index is 12.0. The van der Waals surface area contributed by atoms with Crippen LogP contribution in [0.2, 0.25) is 0 Å². The number of rotatable bonds is 9. The maximum atomic E-state index is 12.0. The zero-order valence-electron chi connectivity index (χ0n) is 15.4. The van der Waals surface area contributed by atoms with Gasteiger partial charge in [0, 0.05) is 42.1 Å². The number of anilines is 1. The van der Waals surface area contributed by atoms with Crippen molar-refractivity contribution in [1.29, 1.82) is 0 Å². The summed E-state index contributed by atoms with van der Waals surface area (Å²) in [7, 11) is 0. The van der Waals surface area contributed by atoms with Gasteiger partial charge in [0.15, 0.2) is 5.96 Å². The summed E-state index contributed by atoms with van der Waals surface area (Å²) in [6, 6.07) is 7.44. The fourth-order valence-electron chi connectivity index (χ4n) is 2.22. The highest BCUT2D eigenvalue weighted by molar-refractivity contribution is 14.0. The molecule has 7 nitrogen and oxygen atoms in total. The molecule has 0 saturated heterocycles. The van der Waals surface area contributed by atoms with Crippen LogP contribution in [-0.2, 0) is 9.59 Å². The molecular formula is C18H27BrIN5O2. The molecule has 1 aromatic rings. The van der Waals surface area contributed by atoms with Crippen LogP contribution in [0, 0.1) is 5.92 Å². The Kier molecular flexibility index (Phi) is 11.3. The van der Waals surface area contributed by atoms with Gasteiger partial charge in [-0.25, -0.2) is 0 Å². The quantitative estimate of drug-likeness (QED) is 0.164. The van der Waals surface area contributed by atoms with Crippen molar-refractivity contribution in [2.75, 3.05) is 31.5 Å². The molecule has 1 aliphatic carbocycles. The van der Waals surface area contributed by atoms with Crippen molar-refractivity contribution < 1.29 is 9.59 Å². The predicted molar refractivity (Wildman–Crippen MR) is 123 cm³/mol. The number of hydrogen-bond donors (Lipinski definition) is 4. The zero-order chi connectivity index (χ0) is 18.8. The summed E-state index contributed by atoms with van der Waals surface area (Å²) in [5, 5.41) is 12.0. The van der Waals surface area contributed by atoms with Crippen LogP contribution < -0.4 is 21.3 Å². The maximum Gasteiger partial charge on any atom is 0.226 e. The molecule has 1 aromatic carbocycles. The van der Waals surface area contributed by atoms with E-state index in [1.807, 2.05) is 31.2 Å². The molecule has 1 aliphatic rings. The van der Waals surface area contributed by atoms with Gasteiger partial charge in [-0.2, -0.15) is 0 Å². The van der Waals surface area contributed by atoms with Gasteiger partial charge in [0.1, 0.15) is 0 Å². The number of aliphatic imine (C=N–C) groups is 1. The summed E-state index contributed by atoms with van der Waals surface area (Å²) in [6.07, 6.45) is 2.31. The van der Waals surface area contributed by atoms with E-state index in [-0.39, 0.29) is 41.7 Å². The Hall–Kier alpha value is -1.36. The third-order valence-electron chi connectivity index (χ3n) is 3.75. The van der Waals surface area contributed by atoms with E-state index in [1.54, 1.807) is 0 Å². The lowest BCUT2D eigenvalue weighted by Gasteiger charge is -2.12. The third-order valence-corrected chi connectivity index (χ3v) is 4.27. The molecule has 2 amide bonds. The van der Waals surface area contributed by atoms with E-state index < -0.39 is 0 Å². The van der Waals surface area contributed by atoms with Crippen molar-refractivity contribution in [2.24, 2.45) is 10.9 Å². The molecule has 0 radical (unpaired) electrons. The van der Waals surface area contributed by atoms with Gasteiger partial charge >= 0.3 is 0 Å². The molecule has 0 atom stereocenters. The zero-order valence-corrected chi connectivity index (χ0v) is 19.3. The average Bonchev–Trinajstić information content (AvgIpc) is 3.45. The van der Waals surface area contributed by atoms with E-state index in [2.05, 4.69) is 42.2 Å². The second kappa shape index (κ2) is 12.9. The van der Waals surface area contributed by atoms with Crippen molar-refractivity contribution in [3.8, 4) is 0 Å². The van der Waals surface area contributed by atoms with E-state index in [4.69, 9.17) is 0 Å². The van der Waals surface area contributed by atoms with Gasteiger partial charge in [0.25, 0.3) is 0 Å². The van der Waals surface area contributed by atoms with Crippen LogP contribution in [0.5, 0.6) is 0 Å². The summed E-state index contributed by atoms with van der Waals surface area (Å²) in [5.74, 6) is 0.924. The average molecular weight is 552 g/mol. The number of carbonyl (C=O) groups is 2. The Labute approximate surface area is 185 Å². The van der Waals surface area contributed by atoms with Gasteiger partial charge in [-0.05, 0) is 44.0 Å². The lowest BCUT2D eigenvalue weighted by Crippen LogP contribution is -2.41. The van der Waals surface area contributed by atoms with Gasteiger partial charge in [-0.15, -0.1) is 24.0 Å². The number of amides is 2.